The smallest absolute Gasteiger partial charge is 0.309 e. The quantitative estimate of drug-likeness (QED) is 0.385. The predicted octanol–water partition coefficient (Wildman–Crippen LogP) is 2.28. The highest BCUT2D eigenvalue weighted by Crippen LogP contribution is 2.22. The van der Waals surface area contributed by atoms with Crippen molar-refractivity contribution in [3.63, 3.8) is 0 Å². The summed E-state index contributed by atoms with van der Waals surface area (Å²) < 4.78 is 6.24. The van der Waals surface area contributed by atoms with Crippen LogP contribution >= 0.6 is 11.3 Å². The molecule has 3 aromatic heterocycles. The molecule has 0 aliphatic carbocycles. The number of benzene rings is 1. The van der Waals surface area contributed by atoms with Gasteiger partial charge < -0.3 is 15.4 Å². The van der Waals surface area contributed by atoms with E-state index in [9.17, 15) is 14.4 Å². The molecule has 0 fully saturated rings. The molecule has 34 heavy (non-hydrogen) atoms. The molecule has 12 heteroatoms. The number of aryl methyl sites for hydroxylation is 1. The minimum Gasteiger partial charge on any atom is -0.469 e. The first-order chi connectivity index (χ1) is 16.4. The Balaban J connectivity index is 1.42. The van der Waals surface area contributed by atoms with Crippen molar-refractivity contribution in [1.29, 1.82) is 0 Å². The molecular formula is C22H21N7O4S. The maximum Gasteiger partial charge on any atom is 0.309 e. The van der Waals surface area contributed by atoms with Crippen molar-refractivity contribution in [3.05, 3.63) is 64.1 Å². The van der Waals surface area contributed by atoms with Gasteiger partial charge >= 0.3 is 5.97 Å². The molecule has 0 aliphatic heterocycles. The standard InChI is InChI=1S/C22H21N7O4S/c1-12(27-21(32)18-15-9-26-29(2)19(15)25-11-24-18)22-23-10-16(34-22)20(31)28-14-6-4-5-13(7-14)8-17(30)33-3/h4-7,9-12H,8H2,1-3H3,(H,27,32)(H,28,31). The number of esters is 1. The van der Waals surface area contributed by atoms with E-state index in [1.165, 1.54) is 31.0 Å². The van der Waals surface area contributed by atoms with E-state index in [1.54, 1.807) is 49.1 Å². The Bertz CT molecular complexity index is 1380. The molecule has 3 heterocycles. The second-order valence-electron chi connectivity index (χ2n) is 7.39. The van der Waals surface area contributed by atoms with Gasteiger partial charge in [-0.25, -0.2) is 15.0 Å². The molecule has 2 amide bonds. The van der Waals surface area contributed by atoms with Gasteiger partial charge in [-0.05, 0) is 24.6 Å². The number of rotatable bonds is 7. The van der Waals surface area contributed by atoms with E-state index < -0.39 is 11.9 Å². The first kappa shape index (κ1) is 23.0. The Morgan fingerprint density at radius 2 is 1.97 bits per heavy atom. The SMILES string of the molecule is COC(=O)Cc1cccc(NC(=O)c2cnc(C(C)NC(=O)c3ncnc4c3cnn4C)s2)c1. The molecule has 1 aromatic carbocycles. The number of methoxy groups -OCH3 is 1. The van der Waals surface area contributed by atoms with Gasteiger partial charge in [0.25, 0.3) is 11.8 Å². The number of amides is 2. The Morgan fingerprint density at radius 1 is 1.15 bits per heavy atom. The number of thiazole rings is 1. The van der Waals surface area contributed by atoms with Crippen LogP contribution in [0, 0.1) is 0 Å². The summed E-state index contributed by atoms with van der Waals surface area (Å²) in [5, 5.41) is 10.9. The Morgan fingerprint density at radius 3 is 2.76 bits per heavy atom. The van der Waals surface area contributed by atoms with Crippen LogP contribution in [0.4, 0.5) is 5.69 Å². The number of aromatic nitrogens is 5. The van der Waals surface area contributed by atoms with E-state index in [0.29, 0.717) is 26.6 Å². The lowest BCUT2D eigenvalue weighted by molar-refractivity contribution is -0.139. The zero-order chi connectivity index (χ0) is 24.2. The van der Waals surface area contributed by atoms with Gasteiger partial charge in [-0.3, -0.25) is 19.1 Å². The highest BCUT2D eigenvalue weighted by Gasteiger charge is 2.20. The van der Waals surface area contributed by atoms with Crippen LogP contribution in [0.25, 0.3) is 11.0 Å². The van der Waals surface area contributed by atoms with Gasteiger partial charge in [-0.2, -0.15) is 5.10 Å². The van der Waals surface area contributed by atoms with Gasteiger partial charge in [-0.15, -0.1) is 11.3 Å². The van der Waals surface area contributed by atoms with E-state index in [2.05, 4.69) is 35.4 Å². The van der Waals surface area contributed by atoms with Gasteiger partial charge in [-0.1, -0.05) is 12.1 Å². The van der Waals surface area contributed by atoms with Crippen molar-refractivity contribution in [2.24, 2.45) is 7.05 Å². The molecule has 0 aliphatic rings. The van der Waals surface area contributed by atoms with E-state index in [0.717, 1.165) is 5.56 Å². The van der Waals surface area contributed by atoms with Gasteiger partial charge in [0, 0.05) is 12.7 Å². The van der Waals surface area contributed by atoms with Crippen LogP contribution in [0.15, 0.2) is 43.0 Å². The molecule has 0 spiro atoms. The summed E-state index contributed by atoms with van der Waals surface area (Å²) in [4.78, 5) is 49.9. The summed E-state index contributed by atoms with van der Waals surface area (Å²) in [6.07, 6.45) is 4.43. The summed E-state index contributed by atoms with van der Waals surface area (Å²) in [6.45, 7) is 1.77. The molecule has 4 rings (SSSR count). The van der Waals surface area contributed by atoms with E-state index in [1.807, 2.05) is 0 Å². The molecule has 0 saturated heterocycles. The fourth-order valence-electron chi connectivity index (χ4n) is 3.25. The lowest BCUT2D eigenvalue weighted by atomic mass is 10.1. The normalized spacial score (nSPS) is 11.7. The lowest BCUT2D eigenvalue weighted by Crippen LogP contribution is -2.27. The minimum atomic E-state index is -0.455. The van der Waals surface area contributed by atoms with Crippen LogP contribution < -0.4 is 10.6 Å². The summed E-state index contributed by atoms with van der Waals surface area (Å²) in [5.41, 5.74) is 2.04. The third-order valence-corrected chi connectivity index (χ3v) is 6.15. The summed E-state index contributed by atoms with van der Waals surface area (Å²) >= 11 is 1.17. The van der Waals surface area contributed by atoms with Gasteiger partial charge in [0.2, 0.25) is 0 Å². The molecule has 1 unspecified atom stereocenters. The Kier molecular flexibility index (Phi) is 6.59. The van der Waals surface area contributed by atoms with Crippen molar-refractivity contribution in [1.82, 2.24) is 30.0 Å². The summed E-state index contributed by atoms with van der Waals surface area (Å²) in [5.74, 6) is -1.10. The number of nitrogens with zero attached hydrogens (tertiary/aromatic N) is 5. The number of ether oxygens (including phenoxy) is 1. The highest BCUT2D eigenvalue weighted by atomic mass is 32.1. The van der Waals surface area contributed by atoms with Gasteiger partial charge in [0.1, 0.15) is 21.9 Å². The van der Waals surface area contributed by atoms with Crippen LogP contribution in [-0.4, -0.2) is 49.6 Å². The van der Waals surface area contributed by atoms with E-state index >= 15 is 0 Å². The Labute approximate surface area is 198 Å². The zero-order valence-electron chi connectivity index (χ0n) is 18.6. The maximum atomic E-state index is 12.8. The fraction of sp³-hybridized carbons (Fsp3) is 0.227. The van der Waals surface area contributed by atoms with Crippen LogP contribution in [-0.2, 0) is 23.0 Å². The number of anilines is 1. The lowest BCUT2D eigenvalue weighted by Gasteiger charge is -2.11. The number of hydrogen-bond donors (Lipinski definition) is 2. The highest BCUT2D eigenvalue weighted by molar-refractivity contribution is 7.13. The third-order valence-electron chi connectivity index (χ3n) is 4.97. The molecule has 2 N–H and O–H groups in total. The van der Waals surface area contributed by atoms with Crippen molar-refractivity contribution in [2.45, 2.75) is 19.4 Å². The fourth-order valence-corrected chi connectivity index (χ4v) is 4.07. The monoisotopic (exact) mass is 479 g/mol. The Hall–Kier alpha value is -4.19. The second kappa shape index (κ2) is 9.75. The summed E-state index contributed by atoms with van der Waals surface area (Å²) in [6, 6.07) is 6.50. The number of carbonyl (C=O) groups excluding carboxylic acids is 3. The maximum absolute atomic E-state index is 12.8. The largest absolute Gasteiger partial charge is 0.469 e. The van der Waals surface area contributed by atoms with Crippen molar-refractivity contribution >= 4 is 45.8 Å². The molecular weight excluding hydrogens is 458 g/mol. The number of nitrogens with one attached hydrogen (secondary N) is 2. The average Bonchev–Trinajstić information content (AvgIpc) is 3.47. The first-order valence-corrected chi connectivity index (χ1v) is 11.0. The number of fused-ring (bicyclic) bond motifs is 1. The average molecular weight is 480 g/mol. The molecule has 4 aromatic rings. The van der Waals surface area contributed by atoms with Gasteiger partial charge in [0.15, 0.2) is 5.65 Å². The van der Waals surface area contributed by atoms with E-state index in [-0.39, 0.29) is 24.0 Å². The van der Waals surface area contributed by atoms with Crippen LogP contribution in [0.2, 0.25) is 0 Å². The van der Waals surface area contributed by atoms with Crippen molar-refractivity contribution < 1.29 is 19.1 Å². The molecule has 0 radical (unpaired) electrons. The topological polar surface area (TPSA) is 141 Å². The predicted molar refractivity (Wildman–Crippen MR) is 124 cm³/mol. The van der Waals surface area contributed by atoms with Crippen LogP contribution in [0.3, 0.4) is 0 Å². The summed E-state index contributed by atoms with van der Waals surface area (Å²) in [7, 11) is 3.06. The molecule has 0 saturated carbocycles. The molecule has 174 valence electrons. The number of hydrogen-bond acceptors (Lipinski definition) is 9. The minimum absolute atomic E-state index is 0.111. The molecule has 11 nitrogen and oxygen atoms in total. The molecule has 0 bridgehead atoms. The van der Waals surface area contributed by atoms with E-state index in [4.69, 9.17) is 0 Å². The van der Waals surface area contributed by atoms with Gasteiger partial charge in [0.05, 0.1) is 37.4 Å². The second-order valence-corrected chi connectivity index (χ2v) is 8.46. The third kappa shape index (κ3) is 4.91. The van der Waals surface area contributed by atoms with Crippen molar-refractivity contribution in [2.75, 3.05) is 12.4 Å². The van der Waals surface area contributed by atoms with Crippen molar-refractivity contribution in [3.8, 4) is 0 Å². The first-order valence-electron chi connectivity index (χ1n) is 10.2. The van der Waals surface area contributed by atoms with Crippen LogP contribution in [0.5, 0.6) is 0 Å². The zero-order valence-corrected chi connectivity index (χ0v) is 19.4. The molecule has 1 atom stereocenters. The van der Waals surface area contributed by atoms with Crippen LogP contribution in [0.1, 0.15) is 43.7 Å². The number of carbonyl (C=O) groups is 3.